The number of hydrogen-bond donors (Lipinski definition) is 1. The van der Waals surface area contributed by atoms with E-state index in [0.29, 0.717) is 30.1 Å². The molecule has 6 heteroatoms. The van der Waals surface area contributed by atoms with Crippen molar-refractivity contribution in [3.05, 3.63) is 24.3 Å². The maximum atomic E-state index is 12.5. The van der Waals surface area contributed by atoms with E-state index in [2.05, 4.69) is 5.32 Å². The fraction of sp³-hybridized carbons (Fsp3) is 0.550. The highest BCUT2D eigenvalue weighted by molar-refractivity contribution is 5.95. The second-order valence-electron chi connectivity index (χ2n) is 7.19. The molecule has 2 bridgehead atoms. The zero-order valence-corrected chi connectivity index (χ0v) is 15.2. The number of benzene rings is 1. The lowest BCUT2D eigenvalue weighted by molar-refractivity contribution is -0.161. The van der Waals surface area contributed by atoms with Gasteiger partial charge in [-0.3, -0.25) is 14.4 Å². The summed E-state index contributed by atoms with van der Waals surface area (Å²) in [7, 11) is 1.57. The van der Waals surface area contributed by atoms with Gasteiger partial charge in [-0.25, -0.2) is 0 Å². The van der Waals surface area contributed by atoms with E-state index in [1.807, 2.05) is 0 Å². The number of Topliss-reactive ketones (excluding diaryl/α,β-unsaturated/α-hetero) is 1. The summed E-state index contributed by atoms with van der Waals surface area (Å²) in [6.07, 6.45) is 3.02. The Bertz CT molecular complexity index is 668. The smallest absolute Gasteiger partial charge is 0.309 e. The Morgan fingerprint density at radius 3 is 2.31 bits per heavy atom. The number of nitrogens with one attached hydrogen (secondary N) is 1. The zero-order valence-electron chi connectivity index (χ0n) is 15.2. The SMILES string of the molecule is COc1ccc(NC(=O)[C@@H](C)OC(=O)C2C[C@H]3CCC[C@@H](C2)C3=O)cc1. The first-order valence-corrected chi connectivity index (χ1v) is 9.17. The summed E-state index contributed by atoms with van der Waals surface area (Å²) < 4.78 is 10.5. The lowest BCUT2D eigenvalue weighted by Crippen LogP contribution is -2.41. The predicted octanol–water partition coefficient (Wildman–Crippen LogP) is 2.96. The van der Waals surface area contributed by atoms with Crippen LogP contribution < -0.4 is 10.1 Å². The van der Waals surface area contributed by atoms with E-state index in [1.165, 1.54) is 0 Å². The minimum atomic E-state index is -0.887. The third-order valence-electron chi connectivity index (χ3n) is 5.40. The van der Waals surface area contributed by atoms with Crippen LogP contribution in [0.3, 0.4) is 0 Å². The van der Waals surface area contributed by atoms with Crippen molar-refractivity contribution >= 4 is 23.3 Å². The quantitative estimate of drug-likeness (QED) is 0.818. The monoisotopic (exact) mass is 359 g/mol. The molecule has 3 rings (SSSR count). The van der Waals surface area contributed by atoms with Crippen LogP contribution >= 0.6 is 0 Å². The van der Waals surface area contributed by atoms with Crippen LogP contribution in [-0.4, -0.2) is 30.9 Å². The Hall–Kier alpha value is -2.37. The second kappa shape index (κ2) is 7.89. The number of carbonyl (C=O) groups excluding carboxylic acids is 3. The molecule has 4 atom stereocenters. The highest BCUT2D eigenvalue weighted by atomic mass is 16.5. The van der Waals surface area contributed by atoms with Gasteiger partial charge in [0, 0.05) is 17.5 Å². The van der Waals surface area contributed by atoms with Crippen molar-refractivity contribution in [1.82, 2.24) is 0 Å². The molecule has 0 saturated heterocycles. The number of ether oxygens (including phenoxy) is 2. The van der Waals surface area contributed by atoms with Gasteiger partial charge < -0.3 is 14.8 Å². The highest BCUT2D eigenvalue weighted by Gasteiger charge is 2.42. The number of carbonyl (C=O) groups is 3. The maximum Gasteiger partial charge on any atom is 0.309 e. The second-order valence-corrected chi connectivity index (χ2v) is 7.19. The van der Waals surface area contributed by atoms with E-state index < -0.39 is 6.10 Å². The van der Waals surface area contributed by atoms with Crippen LogP contribution in [0.5, 0.6) is 5.75 Å². The minimum absolute atomic E-state index is 0.0107. The number of esters is 1. The molecule has 1 amide bonds. The van der Waals surface area contributed by atoms with Gasteiger partial charge in [0.1, 0.15) is 11.5 Å². The van der Waals surface area contributed by atoms with Crippen LogP contribution in [0.1, 0.15) is 39.0 Å². The number of rotatable bonds is 5. The number of hydrogen-bond acceptors (Lipinski definition) is 5. The molecule has 140 valence electrons. The van der Waals surface area contributed by atoms with Gasteiger partial charge in [0.15, 0.2) is 6.10 Å². The van der Waals surface area contributed by atoms with Crippen molar-refractivity contribution in [1.29, 1.82) is 0 Å². The van der Waals surface area contributed by atoms with E-state index in [-0.39, 0.29) is 29.6 Å². The predicted molar refractivity (Wildman–Crippen MR) is 95.7 cm³/mol. The summed E-state index contributed by atoms with van der Waals surface area (Å²) in [6.45, 7) is 1.56. The molecule has 1 N–H and O–H groups in total. The summed E-state index contributed by atoms with van der Waals surface area (Å²) in [5.41, 5.74) is 0.608. The number of fused-ring (bicyclic) bond motifs is 2. The molecule has 6 nitrogen and oxygen atoms in total. The molecule has 26 heavy (non-hydrogen) atoms. The third kappa shape index (κ3) is 4.06. The van der Waals surface area contributed by atoms with Crippen molar-refractivity contribution in [3.8, 4) is 5.75 Å². The average Bonchev–Trinajstić information content (AvgIpc) is 2.62. The van der Waals surface area contributed by atoms with Gasteiger partial charge in [0.05, 0.1) is 13.0 Å². The zero-order chi connectivity index (χ0) is 18.7. The molecule has 2 fully saturated rings. The van der Waals surface area contributed by atoms with Crippen LogP contribution in [0.15, 0.2) is 24.3 Å². The number of ketones is 1. The Morgan fingerprint density at radius 2 is 1.73 bits per heavy atom. The minimum Gasteiger partial charge on any atom is -0.497 e. The van der Waals surface area contributed by atoms with Gasteiger partial charge in [0.2, 0.25) is 0 Å². The van der Waals surface area contributed by atoms with Crippen LogP contribution in [0.2, 0.25) is 0 Å². The molecule has 2 saturated carbocycles. The Labute approximate surface area is 153 Å². The number of methoxy groups -OCH3 is 1. The lowest BCUT2D eigenvalue weighted by Gasteiger charge is -2.36. The molecule has 0 heterocycles. The Kier molecular flexibility index (Phi) is 5.59. The molecule has 2 aliphatic carbocycles. The average molecular weight is 359 g/mol. The van der Waals surface area contributed by atoms with Gasteiger partial charge in [-0.2, -0.15) is 0 Å². The molecule has 1 unspecified atom stereocenters. The fourth-order valence-corrected chi connectivity index (χ4v) is 3.91. The summed E-state index contributed by atoms with van der Waals surface area (Å²) in [5.74, 6) is -0.0426. The molecule has 0 radical (unpaired) electrons. The molecular formula is C20H25NO5. The van der Waals surface area contributed by atoms with Gasteiger partial charge in [-0.1, -0.05) is 6.42 Å². The molecule has 2 aliphatic rings. The number of amides is 1. The summed E-state index contributed by atoms with van der Waals surface area (Å²) in [6, 6.07) is 6.92. The van der Waals surface area contributed by atoms with Crippen molar-refractivity contribution in [2.24, 2.45) is 17.8 Å². The molecule has 0 aromatic heterocycles. The van der Waals surface area contributed by atoms with Gasteiger partial charge in [-0.05, 0) is 56.9 Å². The molecule has 1 aromatic carbocycles. The molecule has 1 aromatic rings. The van der Waals surface area contributed by atoms with E-state index in [1.54, 1.807) is 38.3 Å². The van der Waals surface area contributed by atoms with Crippen molar-refractivity contribution in [3.63, 3.8) is 0 Å². The van der Waals surface area contributed by atoms with Crippen molar-refractivity contribution in [2.75, 3.05) is 12.4 Å². The first-order valence-electron chi connectivity index (χ1n) is 9.17. The number of anilines is 1. The lowest BCUT2D eigenvalue weighted by atomic mass is 9.67. The summed E-state index contributed by atoms with van der Waals surface area (Å²) in [5, 5.41) is 2.72. The fourth-order valence-electron chi connectivity index (χ4n) is 3.91. The van der Waals surface area contributed by atoms with Crippen LogP contribution in [0.4, 0.5) is 5.69 Å². The molecular weight excluding hydrogens is 334 g/mol. The topological polar surface area (TPSA) is 81.7 Å². The largest absolute Gasteiger partial charge is 0.497 e. The first-order chi connectivity index (χ1) is 12.5. The standard InChI is InChI=1S/C20H25NO5/c1-12(19(23)21-16-6-8-17(25-2)9-7-16)26-20(24)15-10-13-4-3-5-14(11-15)18(13)22/h6-9,12-15H,3-5,10-11H2,1-2H3,(H,21,23)/t12-,13-,14+,15?/m1/s1. The van der Waals surface area contributed by atoms with Crippen LogP contribution in [-0.2, 0) is 19.1 Å². The van der Waals surface area contributed by atoms with Gasteiger partial charge in [-0.15, -0.1) is 0 Å². The normalized spacial score (nSPS) is 25.9. The Balaban J connectivity index is 1.53. The Morgan fingerprint density at radius 1 is 1.12 bits per heavy atom. The first kappa shape index (κ1) is 18.4. The van der Waals surface area contributed by atoms with Gasteiger partial charge >= 0.3 is 5.97 Å². The van der Waals surface area contributed by atoms with Crippen molar-refractivity contribution in [2.45, 2.75) is 45.1 Å². The highest BCUT2D eigenvalue weighted by Crippen LogP contribution is 2.40. The van der Waals surface area contributed by atoms with Crippen LogP contribution in [0.25, 0.3) is 0 Å². The van der Waals surface area contributed by atoms with Crippen LogP contribution in [0, 0.1) is 17.8 Å². The summed E-state index contributed by atoms with van der Waals surface area (Å²) >= 11 is 0. The van der Waals surface area contributed by atoms with Crippen molar-refractivity contribution < 1.29 is 23.9 Å². The summed E-state index contributed by atoms with van der Waals surface area (Å²) in [4.78, 5) is 36.8. The maximum absolute atomic E-state index is 12.5. The van der Waals surface area contributed by atoms with Gasteiger partial charge in [0.25, 0.3) is 5.91 Å². The van der Waals surface area contributed by atoms with E-state index in [9.17, 15) is 14.4 Å². The van der Waals surface area contributed by atoms with E-state index >= 15 is 0 Å². The van der Waals surface area contributed by atoms with E-state index in [4.69, 9.17) is 9.47 Å². The van der Waals surface area contributed by atoms with E-state index in [0.717, 1.165) is 19.3 Å². The molecule has 0 spiro atoms. The molecule has 0 aliphatic heterocycles. The third-order valence-corrected chi connectivity index (χ3v) is 5.40.